The molecule has 2 heterocycles. The van der Waals surface area contributed by atoms with E-state index < -0.39 is 0 Å². The minimum Gasteiger partial charge on any atom is -0.355 e. The smallest absolute Gasteiger partial charge is 0.226 e. The molecule has 0 aromatic heterocycles. The van der Waals surface area contributed by atoms with E-state index >= 15 is 0 Å². The maximum Gasteiger partial charge on any atom is 0.226 e. The molecule has 3 rings (SSSR count). The van der Waals surface area contributed by atoms with E-state index in [1.165, 1.54) is 0 Å². The van der Waals surface area contributed by atoms with Gasteiger partial charge in [-0.2, -0.15) is 0 Å². The summed E-state index contributed by atoms with van der Waals surface area (Å²) in [6.45, 7) is 7.60. The first-order chi connectivity index (χ1) is 12.5. The molecular weight excluding hydrogens is 326 g/mol. The summed E-state index contributed by atoms with van der Waals surface area (Å²) in [6.07, 6.45) is 2.57. The quantitative estimate of drug-likeness (QED) is 0.880. The van der Waals surface area contributed by atoms with Crippen molar-refractivity contribution in [3.63, 3.8) is 0 Å². The molecule has 5 heteroatoms. The highest BCUT2D eigenvalue weighted by atomic mass is 16.2. The van der Waals surface area contributed by atoms with Crippen LogP contribution in [0.4, 0.5) is 0 Å². The Hall–Kier alpha value is -1.88. The minimum atomic E-state index is -0.296. The van der Waals surface area contributed by atoms with Crippen LogP contribution in [0.2, 0.25) is 0 Å². The summed E-state index contributed by atoms with van der Waals surface area (Å²) in [4.78, 5) is 29.6. The molecule has 0 saturated carbocycles. The Bertz CT molecular complexity index is 652. The maximum atomic E-state index is 13.0. The highest BCUT2D eigenvalue weighted by Crippen LogP contribution is 2.39. The number of likely N-dealkylation sites (tertiary alicyclic amines) is 2. The summed E-state index contributed by atoms with van der Waals surface area (Å²) in [6, 6.07) is 7.96. The lowest BCUT2D eigenvalue weighted by Crippen LogP contribution is -2.40. The first-order valence-corrected chi connectivity index (χ1v) is 9.82. The average molecular weight is 357 g/mol. The molecule has 26 heavy (non-hydrogen) atoms. The van der Waals surface area contributed by atoms with Crippen molar-refractivity contribution in [3.8, 4) is 0 Å². The number of carbonyl (C=O) groups is 2. The van der Waals surface area contributed by atoms with Gasteiger partial charge in [0.2, 0.25) is 11.8 Å². The van der Waals surface area contributed by atoms with Crippen molar-refractivity contribution in [1.29, 1.82) is 0 Å². The van der Waals surface area contributed by atoms with Gasteiger partial charge in [-0.25, -0.2) is 0 Å². The van der Waals surface area contributed by atoms with Gasteiger partial charge in [0, 0.05) is 19.5 Å². The molecule has 1 aromatic carbocycles. The molecular formula is C21H31N3O2. The van der Waals surface area contributed by atoms with Crippen molar-refractivity contribution in [2.75, 3.05) is 33.2 Å². The number of hydrogen-bond acceptors (Lipinski definition) is 3. The van der Waals surface area contributed by atoms with Crippen molar-refractivity contribution in [1.82, 2.24) is 15.1 Å². The van der Waals surface area contributed by atoms with Crippen LogP contribution in [-0.4, -0.2) is 54.8 Å². The standard InChI is InChI=1S/C21H31N3O2/c1-4-24-19(25)13-18(20(24)17-8-6-5-7-15(17)2)21(26)22-14-16-9-11-23(3)12-10-16/h5-8,16,18,20H,4,9-14H2,1-3H3,(H,22,26)/t18-,20+/m1/s1. The summed E-state index contributed by atoms with van der Waals surface area (Å²) < 4.78 is 0. The van der Waals surface area contributed by atoms with E-state index in [0.29, 0.717) is 18.9 Å². The molecule has 2 atom stereocenters. The Morgan fingerprint density at radius 1 is 1.23 bits per heavy atom. The topological polar surface area (TPSA) is 52.7 Å². The number of nitrogens with zero attached hydrogens (tertiary/aromatic N) is 2. The zero-order valence-electron chi connectivity index (χ0n) is 16.2. The van der Waals surface area contributed by atoms with Gasteiger partial charge >= 0.3 is 0 Å². The Labute approximate surface area is 156 Å². The van der Waals surface area contributed by atoms with Crippen LogP contribution in [0.3, 0.4) is 0 Å². The Morgan fingerprint density at radius 2 is 1.92 bits per heavy atom. The summed E-state index contributed by atoms with van der Waals surface area (Å²) in [5, 5.41) is 3.16. The number of rotatable bonds is 5. The molecule has 1 aromatic rings. The second-order valence-electron chi connectivity index (χ2n) is 7.78. The largest absolute Gasteiger partial charge is 0.355 e. The monoisotopic (exact) mass is 357 g/mol. The van der Waals surface area contributed by atoms with Gasteiger partial charge in [0.05, 0.1) is 12.0 Å². The second kappa shape index (κ2) is 8.21. The molecule has 1 N–H and O–H groups in total. The normalized spacial score (nSPS) is 24.9. The highest BCUT2D eigenvalue weighted by Gasteiger charge is 2.44. The molecule has 2 fully saturated rings. The third-order valence-electron chi connectivity index (χ3n) is 6.02. The molecule has 0 radical (unpaired) electrons. The fraction of sp³-hybridized carbons (Fsp3) is 0.619. The Kier molecular flexibility index (Phi) is 5.97. The number of carbonyl (C=O) groups excluding carboxylic acids is 2. The molecule has 0 spiro atoms. The van der Waals surface area contributed by atoms with Gasteiger partial charge in [0.25, 0.3) is 0 Å². The number of benzene rings is 1. The molecule has 0 aliphatic carbocycles. The minimum absolute atomic E-state index is 0.0291. The number of hydrogen-bond donors (Lipinski definition) is 1. The van der Waals surface area contributed by atoms with Gasteiger partial charge in [-0.15, -0.1) is 0 Å². The molecule has 2 amide bonds. The van der Waals surface area contributed by atoms with Crippen molar-refractivity contribution in [2.24, 2.45) is 11.8 Å². The van der Waals surface area contributed by atoms with E-state index in [1.807, 2.05) is 24.0 Å². The van der Waals surface area contributed by atoms with E-state index in [1.54, 1.807) is 0 Å². The molecule has 2 aliphatic heterocycles. The van der Waals surface area contributed by atoms with E-state index in [9.17, 15) is 9.59 Å². The van der Waals surface area contributed by atoms with Crippen LogP contribution in [0.5, 0.6) is 0 Å². The Morgan fingerprint density at radius 3 is 2.58 bits per heavy atom. The van der Waals surface area contributed by atoms with Gasteiger partial charge < -0.3 is 15.1 Å². The van der Waals surface area contributed by atoms with Gasteiger partial charge in [0.1, 0.15) is 0 Å². The lowest BCUT2D eigenvalue weighted by atomic mass is 9.89. The van der Waals surface area contributed by atoms with E-state index in [-0.39, 0.29) is 23.8 Å². The number of piperidine rings is 1. The van der Waals surface area contributed by atoms with Crippen LogP contribution in [0.1, 0.15) is 43.4 Å². The van der Waals surface area contributed by atoms with Crippen LogP contribution in [0.15, 0.2) is 24.3 Å². The van der Waals surface area contributed by atoms with Crippen LogP contribution in [0, 0.1) is 18.8 Å². The lowest BCUT2D eigenvalue weighted by Gasteiger charge is -2.30. The van der Waals surface area contributed by atoms with Crippen LogP contribution in [0.25, 0.3) is 0 Å². The van der Waals surface area contributed by atoms with Gasteiger partial charge in [-0.3, -0.25) is 9.59 Å². The van der Waals surface area contributed by atoms with E-state index in [2.05, 4.69) is 36.3 Å². The molecule has 0 unspecified atom stereocenters. The molecule has 5 nitrogen and oxygen atoms in total. The molecule has 2 aliphatic rings. The Balaban J connectivity index is 1.71. The fourth-order valence-corrected chi connectivity index (χ4v) is 4.34. The molecule has 0 bridgehead atoms. The van der Waals surface area contributed by atoms with E-state index in [4.69, 9.17) is 0 Å². The van der Waals surface area contributed by atoms with Gasteiger partial charge in [-0.1, -0.05) is 24.3 Å². The average Bonchev–Trinajstić information content (AvgIpc) is 2.97. The zero-order valence-corrected chi connectivity index (χ0v) is 16.2. The van der Waals surface area contributed by atoms with Crippen molar-refractivity contribution in [2.45, 2.75) is 39.2 Å². The van der Waals surface area contributed by atoms with Gasteiger partial charge in [0.15, 0.2) is 0 Å². The van der Waals surface area contributed by atoms with Crippen LogP contribution in [-0.2, 0) is 9.59 Å². The van der Waals surface area contributed by atoms with E-state index in [0.717, 1.165) is 43.6 Å². The number of amides is 2. The highest BCUT2D eigenvalue weighted by molar-refractivity contribution is 5.90. The van der Waals surface area contributed by atoms with Crippen molar-refractivity contribution < 1.29 is 9.59 Å². The van der Waals surface area contributed by atoms with Gasteiger partial charge in [-0.05, 0) is 63.9 Å². The van der Waals surface area contributed by atoms with Crippen LogP contribution < -0.4 is 5.32 Å². The fourth-order valence-electron chi connectivity index (χ4n) is 4.34. The SMILES string of the molecule is CCN1C(=O)C[C@@H](C(=O)NCC2CCN(C)CC2)[C@@H]1c1ccccc1C. The zero-order chi connectivity index (χ0) is 18.7. The summed E-state index contributed by atoms with van der Waals surface area (Å²) in [5.41, 5.74) is 2.23. The number of aryl methyl sites for hydroxylation is 1. The summed E-state index contributed by atoms with van der Waals surface area (Å²) >= 11 is 0. The summed E-state index contributed by atoms with van der Waals surface area (Å²) in [7, 11) is 2.14. The molecule has 2 saturated heterocycles. The van der Waals surface area contributed by atoms with Crippen LogP contribution >= 0.6 is 0 Å². The first kappa shape index (κ1) is 18.9. The summed E-state index contributed by atoms with van der Waals surface area (Å²) in [5.74, 6) is 0.364. The van der Waals surface area contributed by atoms with Crippen molar-refractivity contribution >= 4 is 11.8 Å². The maximum absolute atomic E-state index is 13.0. The molecule has 142 valence electrons. The lowest BCUT2D eigenvalue weighted by molar-refractivity contribution is -0.129. The predicted molar refractivity (Wildman–Crippen MR) is 103 cm³/mol. The number of nitrogens with one attached hydrogen (secondary N) is 1. The predicted octanol–water partition coefficient (Wildman–Crippen LogP) is 2.36. The second-order valence-corrected chi connectivity index (χ2v) is 7.78. The van der Waals surface area contributed by atoms with Crippen molar-refractivity contribution in [3.05, 3.63) is 35.4 Å². The third kappa shape index (κ3) is 3.93. The first-order valence-electron chi connectivity index (χ1n) is 9.82. The third-order valence-corrected chi connectivity index (χ3v) is 6.02.